The second-order valence-electron chi connectivity index (χ2n) is 5.93. The zero-order chi connectivity index (χ0) is 12.1. The van der Waals surface area contributed by atoms with Gasteiger partial charge in [-0.15, -0.1) is 0 Å². The van der Waals surface area contributed by atoms with Crippen LogP contribution in [0.1, 0.15) is 30.9 Å². The first-order valence-corrected chi connectivity index (χ1v) is 6.92. The van der Waals surface area contributed by atoms with Gasteiger partial charge in [-0.25, -0.2) is 0 Å². The van der Waals surface area contributed by atoms with Gasteiger partial charge in [0.05, 0.1) is 5.52 Å². The van der Waals surface area contributed by atoms with Gasteiger partial charge in [-0.05, 0) is 54.7 Å². The Kier molecular flexibility index (Phi) is 2.21. The summed E-state index contributed by atoms with van der Waals surface area (Å²) < 4.78 is 0. The van der Waals surface area contributed by atoms with Gasteiger partial charge in [-0.2, -0.15) is 0 Å². The molecular formula is C16H18N2. The second kappa shape index (κ2) is 3.79. The van der Waals surface area contributed by atoms with E-state index in [1.54, 1.807) is 0 Å². The van der Waals surface area contributed by atoms with Crippen LogP contribution in [-0.2, 0) is 0 Å². The lowest BCUT2D eigenvalue weighted by molar-refractivity contribution is 0.406. The van der Waals surface area contributed by atoms with Crippen LogP contribution in [0.5, 0.6) is 0 Å². The quantitative estimate of drug-likeness (QED) is 0.872. The number of hydrogen-bond acceptors (Lipinski definition) is 2. The van der Waals surface area contributed by atoms with Crippen LogP contribution in [0.15, 0.2) is 36.5 Å². The van der Waals surface area contributed by atoms with Crippen molar-refractivity contribution in [3.8, 4) is 0 Å². The molecule has 1 aromatic carbocycles. The van der Waals surface area contributed by atoms with Gasteiger partial charge < -0.3 is 5.73 Å². The van der Waals surface area contributed by atoms with E-state index in [-0.39, 0.29) is 6.04 Å². The molecule has 2 saturated carbocycles. The first kappa shape index (κ1) is 10.5. The third kappa shape index (κ3) is 1.56. The average Bonchev–Trinajstić information content (AvgIpc) is 3.04. The highest BCUT2D eigenvalue weighted by Crippen LogP contribution is 2.56. The third-order valence-corrected chi connectivity index (χ3v) is 4.83. The van der Waals surface area contributed by atoms with Crippen LogP contribution >= 0.6 is 0 Å². The van der Waals surface area contributed by atoms with E-state index < -0.39 is 0 Å². The Bertz CT molecular complexity index is 577. The predicted molar refractivity (Wildman–Crippen MR) is 73.0 cm³/mol. The molecule has 4 rings (SSSR count). The fourth-order valence-corrected chi connectivity index (χ4v) is 3.73. The number of hydrogen-bond donors (Lipinski definition) is 1. The van der Waals surface area contributed by atoms with Gasteiger partial charge in [-0.3, -0.25) is 4.98 Å². The van der Waals surface area contributed by atoms with Gasteiger partial charge in [0.1, 0.15) is 0 Å². The first-order chi connectivity index (χ1) is 8.83. The molecule has 2 aliphatic carbocycles. The molecule has 2 aliphatic rings. The number of benzene rings is 1. The number of rotatable bonds is 2. The Morgan fingerprint density at radius 2 is 1.89 bits per heavy atom. The van der Waals surface area contributed by atoms with Crippen LogP contribution in [0.2, 0.25) is 0 Å². The number of pyridine rings is 1. The molecule has 0 radical (unpaired) electrons. The highest BCUT2D eigenvalue weighted by Gasteiger charge is 2.47. The van der Waals surface area contributed by atoms with Crippen molar-refractivity contribution in [3.05, 3.63) is 42.1 Å². The van der Waals surface area contributed by atoms with Gasteiger partial charge in [0.15, 0.2) is 0 Å². The summed E-state index contributed by atoms with van der Waals surface area (Å²) in [6, 6.07) is 10.7. The largest absolute Gasteiger partial charge is 0.324 e. The molecule has 0 aliphatic heterocycles. The Hall–Kier alpha value is -1.41. The summed E-state index contributed by atoms with van der Waals surface area (Å²) in [5.74, 6) is 2.67. The van der Waals surface area contributed by atoms with E-state index in [9.17, 15) is 0 Å². The second-order valence-corrected chi connectivity index (χ2v) is 5.93. The van der Waals surface area contributed by atoms with Crippen molar-refractivity contribution in [2.75, 3.05) is 0 Å². The van der Waals surface area contributed by atoms with Crippen molar-refractivity contribution < 1.29 is 0 Å². The van der Waals surface area contributed by atoms with Crippen molar-refractivity contribution in [2.45, 2.75) is 25.3 Å². The summed E-state index contributed by atoms with van der Waals surface area (Å²) in [5, 5.41) is 1.23. The molecule has 0 bridgehead atoms. The monoisotopic (exact) mass is 238 g/mol. The number of nitrogens with two attached hydrogens (primary N) is 1. The molecule has 3 atom stereocenters. The topological polar surface area (TPSA) is 38.9 Å². The van der Waals surface area contributed by atoms with Gasteiger partial charge in [0.25, 0.3) is 0 Å². The fraction of sp³-hybridized carbons (Fsp3) is 0.438. The first-order valence-electron chi connectivity index (χ1n) is 6.92. The van der Waals surface area contributed by atoms with E-state index in [0.29, 0.717) is 5.92 Å². The molecule has 1 aromatic heterocycles. The van der Waals surface area contributed by atoms with Crippen LogP contribution in [0.3, 0.4) is 0 Å². The molecule has 0 saturated heterocycles. The van der Waals surface area contributed by atoms with E-state index in [1.165, 1.54) is 30.2 Å². The average molecular weight is 238 g/mol. The van der Waals surface area contributed by atoms with E-state index in [1.807, 2.05) is 12.3 Å². The van der Waals surface area contributed by atoms with Crippen LogP contribution in [0, 0.1) is 17.8 Å². The van der Waals surface area contributed by atoms with Crippen LogP contribution < -0.4 is 5.73 Å². The molecule has 0 spiro atoms. The van der Waals surface area contributed by atoms with Crippen molar-refractivity contribution in [2.24, 2.45) is 23.5 Å². The zero-order valence-electron chi connectivity index (χ0n) is 10.4. The summed E-state index contributed by atoms with van der Waals surface area (Å²) in [5.41, 5.74) is 8.87. The standard InChI is InChI=1S/C16H18N2/c17-16(12-8-10-7-11(10)9-12)14-3-1-5-15-13(14)4-2-6-18-15/h1-6,10-12,16H,7-9,17H2. The minimum Gasteiger partial charge on any atom is -0.324 e. The molecule has 2 heteroatoms. The summed E-state index contributed by atoms with van der Waals surface area (Å²) in [6.07, 6.45) is 5.98. The van der Waals surface area contributed by atoms with Crippen molar-refractivity contribution >= 4 is 10.9 Å². The van der Waals surface area contributed by atoms with E-state index in [4.69, 9.17) is 5.73 Å². The third-order valence-electron chi connectivity index (χ3n) is 4.83. The summed E-state index contributed by atoms with van der Waals surface area (Å²) >= 11 is 0. The molecular weight excluding hydrogens is 220 g/mol. The Labute approximate surface area is 107 Å². The van der Waals surface area contributed by atoms with Gasteiger partial charge in [-0.1, -0.05) is 18.2 Å². The van der Waals surface area contributed by atoms with Gasteiger partial charge in [0.2, 0.25) is 0 Å². The number of aromatic nitrogens is 1. The van der Waals surface area contributed by atoms with Crippen LogP contribution in [0.4, 0.5) is 0 Å². The Balaban J connectivity index is 1.72. The minimum absolute atomic E-state index is 0.186. The van der Waals surface area contributed by atoms with E-state index in [0.717, 1.165) is 17.4 Å². The Morgan fingerprint density at radius 3 is 2.72 bits per heavy atom. The number of nitrogens with zero attached hydrogens (tertiary/aromatic N) is 1. The maximum atomic E-state index is 6.52. The summed E-state index contributed by atoms with van der Waals surface area (Å²) in [6.45, 7) is 0. The normalized spacial score (nSPS) is 31.3. The van der Waals surface area contributed by atoms with Crippen molar-refractivity contribution in [3.63, 3.8) is 0 Å². The molecule has 92 valence electrons. The lowest BCUT2D eigenvalue weighted by Crippen LogP contribution is -2.20. The zero-order valence-corrected chi connectivity index (χ0v) is 10.4. The van der Waals surface area contributed by atoms with Crippen LogP contribution in [0.25, 0.3) is 10.9 Å². The SMILES string of the molecule is NC(c1cccc2ncccc12)C1CC2CC2C1. The number of fused-ring (bicyclic) bond motifs is 2. The van der Waals surface area contributed by atoms with Crippen LogP contribution in [-0.4, -0.2) is 4.98 Å². The predicted octanol–water partition coefficient (Wildman–Crippen LogP) is 3.28. The smallest absolute Gasteiger partial charge is 0.0705 e. The van der Waals surface area contributed by atoms with Crippen molar-refractivity contribution in [1.82, 2.24) is 4.98 Å². The highest BCUT2D eigenvalue weighted by atomic mass is 14.7. The molecule has 1 heterocycles. The minimum atomic E-state index is 0.186. The molecule has 0 amide bonds. The molecule has 3 unspecified atom stereocenters. The maximum absolute atomic E-state index is 6.52. The van der Waals surface area contributed by atoms with Gasteiger partial charge in [0, 0.05) is 17.6 Å². The summed E-state index contributed by atoms with van der Waals surface area (Å²) in [7, 11) is 0. The highest BCUT2D eigenvalue weighted by molar-refractivity contribution is 5.82. The molecule has 2 nitrogen and oxygen atoms in total. The van der Waals surface area contributed by atoms with E-state index >= 15 is 0 Å². The molecule has 2 aromatic rings. The summed E-state index contributed by atoms with van der Waals surface area (Å²) in [4.78, 5) is 4.42. The fourth-order valence-electron chi connectivity index (χ4n) is 3.73. The molecule has 18 heavy (non-hydrogen) atoms. The molecule has 2 N–H and O–H groups in total. The molecule has 2 fully saturated rings. The Morgan fingerprint density at radius 1 is 1.06 bits per heavy atom. The lowest BCUT2D eigenvalue weighted by atomic mass is 9.88. The maximum Gasteiger partial charge on any atom is 0.0705 e. The van der Waals surface area contributed by atoms with Crippen molar-refractivity contribution in [1.29, 1.82) is 0 Å². The van der Waals surface area contributed by atoms with Gasteiger partial charge >= 0.3 is 0 Å². The lowest BCUT2D eigenvalue weighted by Gasteiger charge is -2.22. The van der Waals surface area contributed by atoms with E-state index in [2.05, 4.69) is 29.2 Å².